The molecule has 0 radical (unpaired) electrons. The van der Waals surface area contributed by atoms with Crippen molar-refractivity contribution in [2.75, 3.05) is 13.8 Å². The van der Waals surface area contributed by atoms with Gasteiger partial charge in [0.2, 0.25) is 6.79 Å². The second kappa shape index (κ2) is 9.37. The zero-order valence-corrected chi connectivity index (χ0v) is 16.3. The minimum absolute atomic E-state index is 0.0355. The maximum Gasteiger partial charge on any atom is 0.231 e. The number of ether oxygens (including phenoxy) is 2. The highest BCUT2D eigenvalue weighted by atomic mass is 79.9. The number of carbonyl (C=O) groups is 1. The van der Waals surface area contributed by atoms with Crippen LogP contribution in [0.3, 0.4) is 0 Å². The van der Waals surface area contributed by atoms with Crippen molar-refractivity contribution in [1.82, 2.24) is 0 Å². The van der Waals surface area contributed by atoms with E-state index in [1.54, 1.807) is 18.2 Å². The van der Waals surface area contributed by atoms with Crippen LogP contribution in [-0.4, -0.2) is 25.3 Å². The standard InChI is InChI=1S/C11H14BrN.C9H8O3/c1-3-5-11(13-2)9-6-4-7-10(12)8-9;1-6(10)7-2-3-8-9(4-7)12-5-11-8/h4,6-8H,3,5H2,1-2H3;2-4H,5H2,1H3. The molecule has 0 unspecified atom stereocenters. The number of hydrogen-bond donors (Lipinski definition) is 0. The van der Waals surface area contributed by atoms with E-state index in [1.165, 1.54) is 18.2 Å². The Labute approximate surface area is 157 Å². The number of nitrogens with zero attached hydrogens (tertiary/aromatic N) is 1. The second-order valence-electron chi connectivity index (χ2n) is 5.55. The van der Waals surface area contributed by atoms with Gasteiger partial charge < -0.3 is 9.47 Å². The number of hydrogen-bond acceptors (Lipinski definition) is 4. The third kappa shape index (κ3) is 5.43. The van der Waals surface area contributed by atoms with Gasteiger partial charge in [0.25, 0.3) is 0 Å². The smallest absolute Gasteiger partial charge is 0.231 e. The third-order valence-corrected chi connectivity index (χ3v) is 4.19. The minimum atomic E-state index is 0.0355. The first-order valence-electron chi connectivity index (χ1n) is 8.17. The van der Waals surface area contributed by atoms with Gasteiger partial charge in [0.05, 0.1) is 0 Å². The number of aliphatic imine (C=N–C) groups is 1. The van der Waals surface area contributed by atoms with Crippen molar-refractivity contribution in [3.05, 3.63) is 58.1 Å². The summed E-state index contributed by atoms with van der Waals surface area (Å²) in [5, 5.41) is 0. The zero-order valence-electron chi connectivity index (χ0n) is 14.7. The zero-order chi connectivity index (χ0) is 18.2. The van der Waals surface area contributed by atoms with E-state index in [4.69, 9.17) is 9.47 Å². The highest BCUT2D eigenvalue weighted by Crippen LogP contribution is 2.32. The van der Waals surface area contributed by atoms with Gasteiger partial charge in [-0.2, -0.15) is 0 Å². The molecule has 4 nitrogen and oxygen atoms in total. The molecule has 1 aliphatic heterocycles. The van der Waals surface area contributed by atoms with E-state index in [9.17, 15) is 4.79 Å². The first-order chi connectivity index (χ1) is 12.0. The fourth-order valence-electron chi connectivity index (χ4n) is 2.41. The molecular formula is C20H22BrNO3. The Morgan fingerprint density at radius 1 is 1.12 bits per heavy atom. The lowest BCUT2D eigenvalue weighted by Crippen LogP contribution is -1.99. The quantitative estimate of drug-likeness (QED) is 0.514. The largest absolute Gasteiger partial charge is 0.454 e. The molecule has 0 saturated heterocycles. The van der Waals surface area contributed by atoms with Gasteiger partial charge in [0.15, 0.2) is 17.3 Å². The summed E-state index contributed by atoms with van der Waals surface area (Å²) >= 11 is 3.46. The van der Waals surface area contributed by atoms with Crippen molar-refractivity contribution in [3.63, 3.8) is 0 Å². The number of fused-ring (bicyclic) bond motifs is 1. The van der Waals surface area contributed by atoms with Crippen LogP contribution in [-0.2, 0) is 0 Å². The fourth-order valence-corrected chi connectivity index (χ4v) is 2.80. The maximum absolute atomic E-state index is 10.9. The molecule has 5 heteroatoms. The molecule has 0 saturated carbocycles. The highest BCUT2D eigenvalue weighted by Gasteiger charge is 2.14. The van der Waals surface area contributed by atoms with Gasteiger partial charge in [-0.05, 0) is 49.2 Å². The number of rotatable bonds is 4. The molecule has 0 bridgehead atoms. The average molecular weight is 404 g/mol. The van der Waals surface area contributed by atoms with Crippen molar-refractivity contribution in [3.8, 4) is 11.5 Å². The molecule has 0 fully saturated rings. The molecule has 3 rings (SSSR count). The SMILES string of the molecule is CC(=O)c1ccc2c(c1)OCO2.CCCC(=NC)c1cccc(Br)c1. The Hall–Kier alpha value is -2.14. The Morgan fingerprint density at radius 3 is 2.52 bits per heavy atom. The maximum atomic E-state index is 10.9. The van der Waals surface area contributed by atoms with Gasteiger partial charge in [-0.15, -0.1) is 0 Å². The monoisotopic (exact) mass is 403 g/mol. The van der Waals surface area contributed by atoms with Gasteiger partial charge >= 0.3 is 0 Å². The number of Topliss-reactive ketones (excluding diaryl/α,β-unsaturated/α-hetero) is 1. The van der Waals surface area contributed by atoms with Crippen molar-refractivity contribution in [1.29, 1.82) is 0 Å². The number of carbonyl (C=O) groups excluding carboxylic acids is 1. The summed E-state index contributed by atoms with van der Waals surface area (Å²) in [6, 6.07) is 13.5. The van der Waals surface area contributed by atoms with Gasteiger partial charge in [0.1, 0.15) is 0 Å². The molecule has 0 aromatic heterocycles. The second-order valence-corrected chi connectivity index (χ2v) is 6.47. The lowest BCUT2D eigenvalue weighted by molar-refractivity contribution is 0.101. The first kappa shape index (κ1) is 19.2. The summed E-state index contributed by atoms with van der Waals surface area (Å²) in [6.07, 6.45) is 2.19. The minimum Gasteiger partial charge on any atom is -0.454 e. The first-order valence-corrected chi connectivity index (χ1v) is 8.96. The Bertz CT molecular complexity index is 771. The van der Waals surface area contributed by atoms with Gasteiger partial charge in [-0.1, -0.05) is 41.4 Å². The fraction of sp³-hybridized carbons (Fsp3) is 0.300. The van der Waals surface area contributed by atoms with E-state index >= 15 is 0 Å². The molecule has 0 aliphatic carbocycles. The van der Waals surface area contributed by atoms with Crippen LogP contribution < -0.4 is 9.47 Å². The topological polar surface area (TPSA) is 47.9 Å². The molecule has 1 heterocycles. The summed E-state index contributed by atoms with van der Waals surface area (Å²) in [7, 11) is 1.85. The molecule has 0 atom stereocenters. The molecule has 2 aromatic carbocycles. The van der Waals surface area contributed by atoms with Gasteiger partial charge in [-0.3, -0.25) is 9.79 Å². The van der Waals surface area contributed by atoms with E-state index in [2.05, 4.69) is 40.0 Å². The Morgan fingerprint density at radius 2 is 1.88 bits per heavy atom. The highest BCUT2D eigenvalue weighted by molar-refractivity contribution is 9.10. The molecular weight excluding hydrogens is 382 g/mol. The molecule has 0 spiro atoms. The average Bonchev–Trinajstić information content (AvgIpc) is 3.08. The van der Waals surface area contributed by atoms with E-state index in [0.29, 0.717) is 17.1 Å². The Kier molecular flexibility index (Phi) is 7.19. The molecule has 0 N–H and O–H groups in total. The van der Waals surface area contributed by atoms with Gasteiger partial charge in [0, 0.05) is 22.8 Å². The van der Waals surface area contributed by atoms with E-state index in [-0.39, 0.29) is 12.6 Å². The predicted molar refractivity (Wildman–Crippen MR) is 104 cm³/mol. The lowest BCUT2D eigenvalue weighted by atomic mass is 10.1. The van der Waals surface area contributed by atoms with Crippen LogP contribution in [0.15, 0.2) is 51.9 Å². The number of halogens is 1. The van der Waals surface area contributed by atoms with Crippen LogP contribution >= 0.6 is 15.9 Å². The van der Waals surface area contributed by atoms with Crippen LogP contribution in [0.25, 0.3) is 0 Å². The molecule has 1 aliphatic rings. The summed E-state index contributed by atoms with van der Waals surface area (Å²) < 4.78 is 11.3. The molecule has 2 aromatic rings. The summed E-state index contributed by atoms with van der Waals surface area (Å²) in [5.74, 6) is 1.40. The molecule has 25 heavy (non-hydrogen) atoms. The summed E-state index contributed by atoms with van der Waals surface area (Å²) in [4.78, 5) is 15.2. The van der Waals surface area contributed by atoms with E-state index in [0.717, 1.165) is 17.3 Å². The van der Waals surface area contributed by atoms with Crippen LogP contribution in [0.1, 0.15) is 42.6 Å². The third-order valence-electron chi connectivity index (χ3n) is 3.69. The normalized spacial score (nSPS) is 12.4. The van der Waals surface area contributed by atoms with E-state index < -0.39 is 0 Å². The van der Waals surface area contributed by atoms with Crippen molar-refractivity contribution >= 4 is 27.4 Å². The number of ketones is 1. The lowest BCUT2D eigenvalue weighted by Gasteiger charge is -2.04. The van der Waals surface area contributed by atoms with E-state index in [1.807, 2.05) is 19.2 Å². The summed E-state index contributed by atoms with van der Waals surface area (Å²) in [5.41, 5.74) is 3.06. The van der Waals surface area contributed by atoms with Crippen molar-refractivity contribution in [2.45, 2.75) is 26.7 Å². The predicted octanol–water partition coefficient (Wildman–Crippen LogP) is 5.29. The van der Waals surface area contributed by atoms with Crippen molar-refractivity contribution in [2.24, 2.45) is 4.99 Å². The number of benzene rings is 2. The van der Waals surface area contributed by atoms with Crippen LogP contribution in [0.5, 0.6) is 11.5 Å². The summed E-state index contributed by atoms with van der Waals surface area (Å²) in [6.45, 7) is 3.94. The van der Waals surface area contributed by atoms with Crippen LogP contribution in [0.4, 0.5) is 0 Å². The molecule has 0 amide bonds. The molecule has 132 valence electrons. The van der Waals surface area contributed by atoms with Crippen molar-refractivity contribution < 1.29 is 14.3 Å². The van der Waals surface area contributed by atoms with Gasteiger partial charge in [-0.25, -0.2) is 0 Å². The van der Waals surface area contributed by atoms with Crippen LogP contribution in [0, 0.1) is 0 Å². The van der Waals surface area contributed by atoms with Crippen LogP contribution in [0.2, 0.25) is 0 Å². The Balaban J connectivity index is 0.000000181.